The molecular formula is C21H17NO9S3. The third-order valence-electron chi connectivity index (χ3n) is 5.08. The Morgan fingerprint density at radius 2 is 1.68 bits per heavy atom. The van der Waals surface area contributed by atoms with Gasteiger partial charge in [-0.25, -0.2) is 13.7 Å². The average molecular weight is 524 g/mol. The van der Waals surface area contributed by atoms with E-state index in [4.69, 9.17) is 5.26 Å². The quantitative estimate of drug-likeness (QED) is 0.118. The van der Waals surface area contributed by atoms with Gasteiger partial charge >= 0.3 is 0 Å². The van der Waals surface area contributed by atoms with E-state index < -0.39 is 25.0 Å². The largest absolute Gasteiger partial charge is 0.507 e. The van der Waals surface area contributed by atoms with E-state index in [-0.39, 0.29) is 32.0 Å². The fourth-order valence-electron chi connectivity index (χ4n) is 3.50. The Bertz CT molecular complexity index is 1630. The minimum atomic E-state index is -4.74. The van der Waals surface area contributed by atoms with Crippen molar-refractivity contribution in [2.24, 2.45) is 0 Å². The maximum Gasteiger partial charge on any atom is 0.295 e. The van der Waals surface area contributed by atoms with Crippen LogP contribution in [0.25, 0.3) is 21.5 Å². The second kappa shape index (κ2) is 9.03. The van der Waals surface area contributed by atoms with E-state index in [9.17, 15) is 26.5 Å². The molecule has 0 saturated heterocycles. The van der Waals surface area contributed by atoms with E-state index in [1.165, 1.54) is 42.5 Å². The van der Waals surface area contributed by atoms with Gasteiger partial charge in [-0.3, -0.25) is 9.27 Å². The number of fused-ring (bicyclic) bond motifs is 2. The van der Waals surface area contributed by atoms with Gasteiger partial charge in [-0.15, -0.1) is 4.33 Å². The van der Waals surface area contributed by atoms with E-state index in [1.807, 2.05) is 0 Å². The summed E-state index contributed by atoms with van der Waals surface area (Å²) in [6.07, 6.45) is 0. The summed E-state index contributed by atoms with van der Waals surface area (Å²) in [6, 6.07) is 14.2. The molecule has 0 heterocycles. The van der Waals surface area contributed by atoms with Gasteiger partial charge in [0, 0.05) is 21.1 Å². The number of nitrogens with one attached hydrogen (secondary N) is 1. The molecule has 0 radical (unpaired) electrons. The molecule has 0 aliphatic heterocycles. The number of sulfonamides is 1. The zero-order valence-corrected chi connectivity index (χ0v) is 19.7. The van der Waals surface area contributed by atoms with Gasteiger partial charge in [0.15, 0.2) is 0 Å². The molecule has 10 nitrogen and oxygen atoms in total. The van der Waals surface area contributed by atoms with Crippen molar-refractivity contribution < 1.29 is 41.1 Å². The molecular weight excluding hydrogens is 506 g/mol. The fourth-order valence-corrected chi connectivity index (χ4v) is 5.81. The maximum atomic E-state index is 13.1. The summed E-state index contributed by atoms with van der Waals surface area (Å²) in [5.74, 6) is 0.0424. The van der Waals surface area contributed by atoms with E-state index in [1.54, 1.807) is 19.1 Å². The predicted octanol–water partition coefficient (Wildman–Crippen LogP) is 4.48. The van der Waals surface area contributed by atoms with Crippen LogP contribution < -0.4 is 4.72 Å². The Morgan fingerprint density at radius 3 is 2.38 bits per heavy atom. The van der Waals surface area contributed by atoms with Crippen molar-refractivity contribution in [1.82, 2.24) is 0 Å². The van der Waals surface area contributed by atoms with Crippen molar-refractivity contribution in [3.8, 4) is 5.75 Å². The Kier molecular flexibility index (Phi) is 6.44. The smallest absolute Gasteiger partial charge is 0.295 e. The monoisotopic (exact) mass is 523 g/mol. The molecule has 0 saturated carbocycles. The summed E-state index contributed by atoms with van der Waals surface area (Å²) < 4.78 is 66.7. The lowest BCUT2D eigenvalue weighted by Gasteiger charge is -2.14. The molecule has 0 amide bonds. The highest BCUT2D eigenvalue weighted by atomic mass is 32.2. The van der Waals surface area contributed by atoms with Crippen LogP contribution in [0.15, 0.2) is 75.4 Å². The molecule has 0 aliphatic rings. The van der Waals surface area contributed by atoms with Crippen molar-refractivity contribution in [2.45, 2.75) is 21.6 Å². The van der Waals surface area contributed by atoms with Crippen LogP contribution in [0.3, 0.4) is 0 Å². The third-order valence-corrected chi connectivity index (χ3v) is 8.01. The number of hydrogen-bond acceptors (Lipinski definition) is 9. The normalized spacial score (nSPS) is 12.3. The number of anilines is 1. The van der Waals surface area contributed by atoms with Crippen LogP contribution in [0.1, 0.15) is 5.56 Å². The first-order valence-corrected chi connectivity index (χ1v) is 13.1. The molecule has 0 bridgehead atoms. The molecule has 4 rings (SSSR count). The number of phenolic OH excluding ortho intramolecular Hbond substituents is 1. The van der Waals surface area contributed by atoms with E-state index in [0.717, 1.165) is 6.07 Å². The van der Waals surface area contributed by atoms with Gasteiger partial charge in [0.1, 0.15) is 10.6 Å². The van der Waals surface area contributed by atoms with Crippen molar-refractivity contribution >= 4 is 59.4 Å². The predicted molar refractivity (Wildman–Crippen MR) is 126 cm³/mol. The molecule has 0 fully saturated rings. The van der Waals surface area contributed by atoms with Crippen molar-refractivity contribution in [2.75, 3.05) is 4.72 Å². The standard InChI is InChI=1S/C21H17NO9S3/c1-12-5-6-13-9-15(7-8-16(13)21(12)23)33(25,26)22-14-10-18-17(20(11-14)34(27,28)29)3-2-4-19(18)32-31-30-24/h2-11,22-24H,1H3,(H,27,28,29). The number of benzene rings is 4. The van der Waals surface area contributed by atoms with Crippen LogP contribution in [-0.2, 0) is 29.5 Å². The second-order valence-electron chi connectivity index (χ2n) is 7.25. The lowest BCUT2D eigenvalue weighted by molar-refractivity contribution is -0.432. The number of aromatic hydroxyl groups is 1. The molecule has 0 atom stereocenters. The average Bonchev–Trinajstić information content (AvgIpc) is 2.78. The van der Waals surface area contributed by atoms with Crippen LogP contribution in [0.4, 0.5) is 5.69 Å². The highest BCUT2D eigenvalue weighted by Gasteiger charge is 2.21. The number of aryl methyl sites for hydroxylation is 1. The lowest BCUT2D eigenvalue weighted by atomic mass is 10.1. The van der Waals surface area contributed by atoms with Gasteiger partial charge in [-0.2, -0.15) is 8.42 Å². The van der Waals surface area contributed by atoms with E-state index >= 15 is 0 Å². The number of hydrogen-bond donors (Lipinski definition) is 4. The van der Waals surface area contributed by atoms with Gasteiger partial charge in [0.25, 0.3) is 20.1 Å². The summed E-state index contributed by atoms with van der Waals surface area (Å²) in [4.78, 5) is -0.389. The summed E-state index contributed by atoms with van der Waals surface area (Å²) in [7, 11) is -8.94. The summed E-state index contributed by atoms with van der Waals surface area (Å²) in [6.45, 7) is 1.72. The summed E-state index contributed by atoms with van der Waals surface area (Å²) in [5, 5.41) is 23.5. The molecule has 0 aromatic heterocycles. The van der Waals surface area contributed by atoms with Crippen LogP contribution in [0.2, 0.25) is 0 Å². The molecule has 0 aliphatic carbocycles. The first-order valence-electron chi connectivity index (χ1n) is 9.45. The van der Waals surface area contributed by atoms with Crippen molar-refractivity contribution in [3.63, 3.8) is 0 Å². The minimum Gasteiger partial charge on any atom is -0.507 e. The summed E-state index contributed by atoms with van der Waals surface area (Å²) >= 11 is 0.547. The van der Waals surface area contributed by atoms with Gasteiger partial charge in [-0.05, 0) is 54.3 Å². The Labute approximate surface area is 198 Å². The lowest BCUT2D eigenvalue weighted by Crippen LogP contribution is -2.13. The van der Waals surface area contributed by atoms with Crippen molar-refractivity contribution in [1.29, 1.82) is 0 Å². The zero-order chi connectivity index (χ0) is 24.7. The fraction of sp³-hybridized carbons (Fsp3) is 0.0476. The van der Waals surface area contributed by atoms with Crippen LogP contribution in [0, 0.1) is 6.92 Å². The first kappa shape index (κ1) is 24.2. The maximum absolute atomic E-state index is 13.1. The van der Waals surface area contributed by atoms with Crippen molar-refractivity contribution in [3.05, 3.63) is 66.2 Å². The molecule has 0 unspecified atom stereocenters. The molecule has 0 spiro atoms. The van der Waals surface area contributed by atoms with E-state index in [2.05, 4.69) is 14.1 Å². The van der Waals surface area contributed by atoms with Gasteiger partial charge < -0.3 is 5.11 Å². The zero-order valence-electron chi connectivity index (χ0n) is 17.3. The number of phenols is 1. The van der Waals surface area contributed by atoms with Gasteiger partial charge in [0.2, 0.25) is 0 Å². The molecule has 178 valence electrons. The minimum absolute atomic E-state index is 0.0424. The molecule has 4 aromatic rings. The Balaban J connectivity index is 1.83. The van der Waals surface area contributed by atoms with Crippen LogP contribution >= 0.6 is 12.0 Å². The second-order valence-corrected chi connectivity index (χ2v) is 11.1. The SMILES string of the molecule is Cc1ccc2cc(S(=O)(=O)Nc3cc(S(=O)(=O)O)c4cccc(SOOO)c4c3)ccc2c1O. The molecule has 4 N–H and O–H groups in total. The molecule has 13 heteroatoms. The Hall–Kier alpha value is -2.91. The summed E-state index contributed by atoms with van der Waals surface area (Å²) in [5.41, 5.74) is 0.490. The third kappa shape index (κ3) is 4.67. The van der Waals surface area contributed by atoms with E-state index in [0.29, 0.717) is 28.4 Å². The molecule has 34 heavy (non-hydrogen) atoms. The topological polar surface area (TPSA) is 159 Å². The highest BCUT2D eigenvalue weighted by Crippen LogP contribution is 2.36. The molecule has 4 aromatic carbocycles. The first-order chi connectivity index (χ1) is 16.0. The van der Waals surface area contributed by atoms with Crippen LogP contribution in [-0.4, -0.2) is 31.8 Å². The highest BCUT2D eigenvalue weighted by molar-refractivity contribution is 7.94. The Morgan fingerprint density at radius 1 is 0.912 bits per heavy atom. The van der Waals surface area contributed by atoms with Gasteiger partial charge in [-0.1, -0.05) is 29.3 Å². The number of rotatable bonds is 7. The van der Waals surface area contributed by atoms with Crippen LogP contribution in [0.5, 0.6) is 5.75 Å². The van der Waals surface area contributed by atoms with Gasteiger partial charge in [0.05, 0.1) is 22.6 Å².